The third-order valence-corrected chi connectivity index (χ3v) is 5.18. The number of hydrogen-bond donors (Lipinski definition) is 1. The zero-order valence-electron chi connectivity index (χ0n) is 14.5. The summed E-state index contributed by atoms with van der Waals surface area (Å²) in [6.45, 7) is 3.07. The number of fused-ring (bicyclic) bond motifs is 3. The number of imidazole rings is 1. The van der Waals surface area contributed by atoms with Crippen LogP contribution in [0.1, 0.15) is 18.7 Å². The molecule has 2 aromatic heterocycles. The molecule has 7 heteroatoms. The molecule has 3 aromatic rings. The molecule has 1 N–H and O–H groups in total. The highest BCUT2D eigenvalue weighted by atomic mass is 16.1. The van der Waals surface area contributed by atoms with Gasteiger partial charge in [0.1, 0.15) is 5.82 Å². The first-order chi connectivity index (χ1) is 12.8. The molecule has 0 saturated carbocycles. The monoisotopic (exact) mass is 348 g/mol. The van der Waals surface area contributed by atoms with E-state index in [0.29, 0.717) is 25.5 Å². The quantitative estimate of drug-likeness (QED) is 0.764. The number of aromatic nitrogens is 4. The summed E-state index contributed by atoms with van der Waals surface area (Å²) in [5.74, 6) is 1.95. The Kier molecular flexibility index (Phi) is 3.58. The Labute approximate surface area is 151 Å². The average molecular weight is 348 g/mol. The molecule has 1 fully saturated rings. The third-order valence-electron chi connectivity index (χ3n) is 5.18. The van der Waals surface area contributed by atoms with Crippen LogP contribution in [0.5, 0.6) is 0 Å². The lowest BCUT2D eigenvalue weighted by Gasteiger charge is -2.19. The molecule has 132 valence electrons. The first kappa shape index (κ1) is 15.3. The van der Waals surface area contributed by atoms with Gasteiger partial charge in [-0.25, -0.2) is 15.0 Å². The Hall–Kier alpha value is -2.96. The Bertz CT molecular complexity index is 978. The summed E-state index contributed by atoms with van der Waals surface area (Å²) in [6, 6.07) is 6.35. The number of carbonyl (C=O) groups is 1. The molecule has 1 saturated heterocycles. The lowest BCUT2D eigenvalue weighted by molar-refractivity contribution is -0.120. The van der Waals surface area contributed by atoms with Crippen molar-refractivity contribution in [2.75, 3.05) is 24.5 Å². The van der Waals surface area contributed by atoms with Gasteiger partial charge in [-0.2, -0.15) is 0 Å². The highest BCUT2D eigenvalue weighted by Crippen LogP contribution is 2.27. The molecule has 1 amide bonds. The molecule has 5 rings (SSSR count). The van der Waals surface area contributed by atoms with Gasteiger partial charge in [0, 0.05) is 57.0 Å². The normalized spacial score (nSPS) is 17.2. The smallest absolute Gasteiger partial charge is 0.225 e. The van der Waals surface area contributed by atoms with Crippen LogP contribution in [0.2, 0.25) is 0 Å². The summed E-state index contributed by atoms with van der Waals surface area (Å²) >= 11 is 0. The molecule has 2 aliphatic heterocycles. The predicted octanol–water partition coefficient (Wildman–Crippen LogP) is 1.77. The summed E-state index contributed by atoms with van der Waals surface area (Å²) < 4.78 is 2.31. The molecule has 4 heterocycles. The Morgan fingerprint density at radius 3 is 2.77 bits per heavy atom. The van der Waals surface area contributed by atoms with Crippen LogP contribution in [0, 0.1) is 0 Å². The van der Waals surface area contributed by atoms with Gasteiger partial charge in [0.15, 0.2) is 0 Å². The van der Waals surface area contributed by atoms with Crippen molar-refractivity contribution in [1.29, 1.82) is 0 Å². The highest BCUT2D eigenvalue weighted by molar-refractivity contribution is 5.82. The average Bonchev–Trinajstić information content (AvgIpc) is 3.18. The minimum absolute atomic E-state index is 0.0887. The van der Waals surface area contributed by atoms with Gasteiger partial charge < -0.3 is 14.8 Å². The standard InChI is InChI=1S/C19H20N6O/c26-18-5-8-24(9-6-20-18)19-21-11-14(12-22-19)13-3-4-15-16(10-13)25-7-1-2-17(25)23-15/h3-4,10-12H,1-2,5-9H2,(H,20,26). The molecule has 1 aromatic carbocycles. The van der Waals surface area contributed by atoms with Gasteiger partial charge in [-0.15, -0.1) is 0 Å². The minimum atomic E-state index is 0.0887. The Balaban J connectivity index is 1.43. The van der Waals surface area contributed by atoms with Crippen LogP contribution in [-0.4, -0.2) is 45.1 Å². The maximum Gasteiger partial charge on any atom is 0.225 e. The molecule has 0 radical (unpaired) electrons. The van der Waals surface area contributed by atoms with Crippen molar-refractivity contribution < 1.29 is 4.79 Å². The van der Waals surface area contributed by atoms with Crippen LogP contribution >= 0.6 is 0 Å². The van der Waals surface area contributed by atoms with E-state index < -0.39 is 0 Å². The number of aryl methyl sites for hydroxylation is 2. The largest absolute Gasteiger partial charge is 0.354 e. The third kappa shape index (κ3) is 2.60. The van der Waals surface area contributed by atoms with Gasteiger partial charge in [0.05, 0.1) is 11.0 Å². The number of nitrogens with one attached hydrogen (secondary N) is 1. The first-order valence-electron chi connectivity index (χ1n) is 9.11. The first-order valence-corrected chi connectivity index (χ1v) is 9.11. The van der Waals surface area contributed by atoms with Crippen molar-refractivity contribution in [3.8, 4) is 11.1 Å². The fraction of sp³-hybridized carbons (Fsp3) is 0.368. The van der Waals surface area contributed by atoms with Crippen LogP contribution in [0.25, 0.3) is 22.2 Å². The van der Waals surface area contributed by atoms with Crippen molar-refractivity contribution in [3.05, 3.63) is 36.4 Å². The summed E-state index contributed by atoms with van der Waals surface area (Å²) in [5, 5.41) is 2.87. The van der Waals surface area contributed by atoms with Crippen molar-refractivity contribution in [3.63, 3.8) is 0 Å². The minimum Gasteiger partial charge on any atom is -0.354 e. The van der Waals surface area contributed by atoms with E-state index in [9.17, 15) is 4.79 Å². The second kappa shape index (κ2) is 6.09. The molecule has 0 atom stereocenters. The van der Waals surface area contributed by atoms with Crippen molar-refractivity contribution in [1.82, 2.24) is 24.8 Å². The second-order valence-corrected chi connectivity index (χ2v) is 6.85. The van der Waals surface area contributed by atoms with Gasteiger partial charge in [-0.3, -0.25) is 4.79 Å². The molecular formula is C19H20N6O. The predicted molar refractivity (Wildman–Crippen MR) is 98.9 cm³/mol. The van der Waals surface area contributed by atoms with Crippen molar-refractivity contribution in [2.45, 2.75) is 25.8 Å². The summed E-state index contributed by atoms with van der Waals surface area (Å²) in [5.41, 5.74) is 4.35. The Morgan fingerprint density at radius 2 is 1.88 bits per heavy atom. The molecule has 2 aliphatic rings. The fourth-order valence-corrected chi connectivity index (χ4v) is 3.79. The van der Waals surface area contributed by atoms with E-state index in [1.54, 1.807) is 0 Å². The SMILES string of the molecule is O=C1CCN(c2ncc(-c3ccc4nc5n(c4c3)CCC5)cn2)CCN1. The number of amides is 1. The summed E-state index contributed by atoms with van der Waals surface area (Å²) in [7, 11) is 0. The van der Waals surface area contributed by atoms with Crippen LogP contribution in [-0.2, 0) is 17.8 Å². The zero-order valence-corrected chi connectivity index (χ0v) is 14.5. The zero-order chi connectivity index (χ0) is 17.5. The number of rotatable bonds is 2. The Morgan fingerprint density at radius 1 is 1.00 bits per heavy atom. The van der Waals surface area contributed by atoms with Crippen molar-refractivity contribution in [2.24, 2.45) is 0 Å². The molecular weight excluding hydrogens is 328 g/mol. The van der Waals surface area contributed by atoms with E-state index in [4.69, 9.17) is 4.98 Å². The van der Waals surface area contributed by atoms with Gasteiger partial charge >= 0.3 is 0 Å². The number of anilines is 1. The fourth-order valence-electron chi connectivity index (χ4n) is 3.79. The number of carbonyl (C=O) groups excluding carboxylic acids is 1. The summed E-state index contributed by atoms with van der Waals surface area (Å²) in [4.78, 5) is 27.3. The lowest BCUT2D eigenvalue weighted by Crippen LogP contribution is -2.29. The number of hydrogen-bond acceptors (Lipinski definition) is 5. The summed E-state index contributed by atoms with van der Waals surface area (Å²) in [6.07, 6.45) is 6.45. The molecule has 0 spiro atoms. The van der Waals surface area contributed by atoms with Gasteiger partial charge in [0.25, 0.3) is 0 Å². The van der Waals surface area contributed by atoms with Gasteiger partial charge in [-0.05, 0) is 24.1 Å². The molecule has 26 heavy (non-hydrogen) atoms. The van der Waals surface area contributed by atoms with E-state index in [1.807, 2.05) is 12.4 Å². The van der Waals surface area contributed by atoms with Gasteiger partial charge in [-0.1, -0.05) is 6.07 Å². The van der Waals surface area contributed by atoms with Crippen LogP contribution in [0.15, 0.2) is 30.6 Å². The van der Waals surface area contributed by atoms with E-state index in [2.05, 4.69) is 43.0 Å². The number of benzene rings is 1. The molecule has 7 nitrogen and oxygen atoms in total. The topological polar surface area (TPSA) is 75.9 Å². The maximum absolute atomic E-state index is 11.5. The van der Waals surface area contributed by atoms with Crippen molar-refractivity contribution >= 4 is 22.9 Å². The van der Waals surface area contributed by atoms with E-state index in [0.717, 1.165) is 36.2 Å². The van der Waals surface area contributed by atoms with E-state index >= 15 is 0 Å². The number of nitrogens with zero attached hydrogens (tertiary/aromatic N) is 5. The van der Waals surface area contributed by atoms with Crippen LogP contribution < -0.4 is 10.2 Å². The molecule has 0 bridgehead atoms. The second-order valence-electron chi connectivity index (χ2n) is 6.85. The van der Waals surface area contributed by atoms with Crippen LogP contribution in [0.3, 0.4) is 0 Å². The van der Waals surface area contributed by atoms with Crippen LogP contribution in [0.4, 0.5) is 5.95 Å². The van der Waals surface area contributed by atoms with Gasteiger partial charge in [0.2, 0.25) is 11.9 Å². The molecule has 0 aliphatic carbocycles. The van der Waals surface area contributed by atoms with E-state index in [1.165, 1.54) is 17.8 Å². The maximum atomic E-state index is 11.5. The lowest BCUT2D eigenvalue weighted by atomic mass is 10.1. The van der Waals surface area contributed by atoms with E-state index in [-0.39, 0.29) is 5.91 Å². The molecule has 0 unspecified atom stereocenters. The highest BCUT2D eigenvalue weighted by Gasteiger charge is 2.18.